The van der Waals surface area contributed by atoms with Gasteiger partial charge in [-0.25, -0.2) is 0 Å². The molecule has 0 aliphatic carbocycles. The van der Waals surface area contributed by atoms with E-state index in [1.807, 2.05) is 0 Å². The topological polar surface area (TPSA) is 55.6 Å². The van der Waals surface area contributed by atoms with E-state index in [1.165, 1.54) is 0 Å². The molecule has 0 unspecified atom stereocenters. The quantitative estimate of drug-likeness (QED) is 0.387. The van der Waals surface area contributed by atoms with Crippen LogP contribution in [0.3, 0.4) is 0 Å². The Labute approximate surface area is 43.4 Å². The fourth-order valence-corrected chi connectivity index (χ4v) is 0.604. The second-order valence-corrected chi connectivity index (χ2v) is 1.50. The molecule has 0 spiro atoms. The van der Waals surface area contributed by atoms with E-state index in [0.717, 1.165) is 26.2 Å². The first-order valence-electron chi connectivity index (χ1n) is 2.41. The van der Waals surface area contributed by atoms with Crippen LogP contribution in [0.5, 0.6) is 0 Å². The van der Waals surface area contributed by atoms with Crippen molar-refractivity contribution in [2.75, 3.05) is 26.2 Å². The highest BCUT2D eigenvalue weighted by atomic mass is 16.0. The third-order valence-electron chi connectivity index (χ3n) is 0.957. The third-order valence-corrected chi connectivity index (χ3v) is 0.957. The van der Waals surface area contributed by atoms with Crippen molar-refractivity contribution >= 4 is 0 Å². The van der Waals surface area contributed by atoms with E-state index in [4.69, 9.17) is 0 Å². The third kappa shape index (κ3) is 2.56. The maximum absolute atomic E-state index is 3.22. The van der Waals surface area contributed by atoms with E-state index in [1.54, 1.807) is 0 Å². The molecule has 0 amide bonds. The van der Waals surface area contributed by atoms with Crippen molar-refractivity contribution in [1.82, 2.24) is 10.6 Å². The van der Waals surface area contributed by atoms with E-state index in [0.29, 0.717) is 0 Å². The Morgan fingerprint density at radius 2 is 1.00 bits per heavy atom. The van der Waals surface area contributed by atoms with Crippen molar-refractivity contribution in [1.29, 1.82) is 0 Å². The predicted molar refractivity (Wildman–Crippen MR) is 29.4 cm³/mol. The van der Waals surface area contributed by atoms with Crippen LogP contribution >= 0.6 is 0 Å². The Balaban J connectivity index is 0.000000360. The average molecular weight is 104 g/mol. The van der Waals surface area contributed by atoms with Gasteiger partial charge >= 0.3 is 0 Å². The van der Waals surface area contributed by atoms with Crippen LogP contribution in [0.1, 0.15) is 0 Å². The standard InChI is InChI=1S/C4H10N2.H2O/c1-2-6-4-3-5-1;/h5-6H,1-4H2;1H2. The molecular weight excluding hydrogens is 92.1 g/mol. The van der Waals surface area contributed by atoms with Gasteiger partial charge in [0.15, 0.2) is 0 Å². The second-order valence-electron chi connectivity index (χ2n) is 1.50. The molecule has 0 bridgehead atoms. The minimum Gasteiger partial charge on any atom is -0.412 e. The van der Waals surface area contributed by atoms with Crippen molar-refractivity contribution in [2.24, 2.45) is 0 Å². The number of nitrogens with one attached hydrogen (secondary N) is 2. The molecule has 0 aromatic heterocycles. The lowest BCUT2D eigenvalue weighted by Gasteiger charge is -2.11. The fourth-order valence-electron chi connectivity index (χ4n) is 0.604. The molecular formula is C4H12N2O. The zero-order valence-electron chi connectivity index (χ0n) is 4.33. The molecule has 7 heavy (non-hydrogen) atoms. The molecule has 0 aromatic rings. The van der Waals surface area contributed by atoms with Crippen molar-refractivity contribution in [3.05, 3.63) is 0 Å². The molecule has 1 aliphatic heterocycles. The van der Waals surface area contributed by atoms with Crippen LogP contribution in [0.25, 0.3) is 0 Å². The first kappa shape index (κ1) is 6.88. The van der Waals surface area contributed by atoms with Crippen molar-refractivity contribution < 1.29 is 5.48 Å². The molecule has 0 aromatic carbocycles. The lowest BCUT2D eigenvalue weighted by molar-refractivity contribution is 0.534. The average Bonchev–Trinajstić information content (AvgIpc) is 1.72. The molecule has 0 atom stereocenters. The van der Waals surface area contributed by atoms with E-state index < -0.39 is 0 Å². The van der Waals surface area contributed by atoms with Gasteiger partial charge in [-0.15, -0.1) is 0 Å². The minimum atomic E-state index is 0. The monoisotopic (exact) mass is 104 g/mol. The molecule has 1 heterocycles. The van der Waals surface area contributed by atoms with Crippen LogP contribution in [-0.4, -0.2) is 31.7 Å². The Kier molecular flexibility index (Phi) is 3.98. The van der Waals surface area contributed by atoms with E-state index in [2.05, 4.69) is 10.6 Å². The van der Waals surface area contributed by atoms with Gasteiger partial charge in [-0.05, 0) is 0 Å². The van der Waals surface area contributed by atoms with Crippen molar-refractivity contribution in [3.63, 3.8) is 0 Å². The molecule has 44 valence electrons. The smallest absolute Gasteiger partial charge is 0.00772 e. The summed E-state index contributed by atoms with van der Waals surface area (Å²) in [5.74, 6) is 0. The van der Waals surface area contributed by atoms with Crippen LogP contribution in [0.2, 0.25) is 0 Å². The van der Waals surface area contributed by atoms with Gasteiger partial charge in [-0.3, -0.25) is 0 Å². The maximum atomic E-state index is 3.22. The number of hydrogen-bond acceptors (Lipinski definition) is 2. The SMILES string of the molecule is C1CNCCN1.O. The fraction of sp³-hybridized carbons (Fsp3) is 1.00. The van der Waals surface area contributed by atoms with E-state index >= 15 is 0 Å². The predicted octanol–water partition coefficient (Wildman–Crippen LogP) is -1.65. The Hall–Kier alpha value is -0.120. The highest BCUT2D eigenvalue weighted by Crippen LogP contribution is 1.65. The molecule has 1 rings (SSSR count). The maximum Gasteiger partial charge on any atom is 0.00772 e. The molecule has 1 aliphatic rings. The lowest BCUT2D eigenvalue weighted by Crippen LogP contribution is -2.39. The summed E-state index contributed by atoms with van der Waals surface area (Å²) in [6.45, 7) is 4.56. The summed E-state index contributed by atoms with van der Waals surface area (Å²) in [5, 5.41) is 6.44. The van der Waals surface area contributed by atoms with E-state index in [9.17, 15) is 0 Å². The zero-order chi connectivity index (χ0) is 4.24. The minimum absolute atomic E-state index is 0. The van der Waals surface area contributed by atoms with Gasteiger partial charge in [0.1, 0.15) is 0 Å². The summed E-state index contributed by atoms with van der Waals surface area (Å²) < 4.78 is 0. The van der Waals surface area contributed by atoms with Gasteiger partial charge in [0.25, 0.3) is 0 Å². The molecule has 1 fully saturated rings. The van der Waals surface area contributed by atoms with Crippen LogP contribution < -0.4 is 10.6 Å². The summed E-state index contributed by atoms with van der Waals surface area (Å²) in [7, 11) is 0. The van der Waals surface area contributed by atoms with Gasteiger partial charge in [0.05, 0.1) is 0 Å². The first-order valence-corrected chi connectivity index (χ1v) is 2.41. The molecule has 0 radical (unpaired) electrons. The Morgan fingerprint density at radius 1 is 0.714 bits per heavy atom. The second kappa shape index (κ2) is 4.05. The van der Waals surface area contributed by atoms with Gasteiger partial charge in [-0.2, -0.15) is 0 Å². The highest BCUT2D eigenvalue weighted by molar-refractivity contribution is 4.59. The largest absolute Gasteiger partial charge is 0.412 e. The summed E-state index contributed by atoms with van der Waals surface area (Å²) in [4.78, 5) is 0. The van der Waals surface area contributed by atoms with Gasteiger partial charge < -0.3 is 16.1 Å². The molecule has 4 N–H and O–H groups in total. The van der Waals surface area contributed by atoms with Gasteiger partial charge in [0.2, 0.25) is 0 Å². The van der Waals surface area contributed by atoms with Crippen molar-refractivity contribution in [2.45, 2.75) is 0 Å². The van der Waals surface area contributed by atoms with Gasteiger partial charge in [-0.1, -0.05) is 0 Å². The van der Waals surface area contributed by atoms with E-state index in [-0.39, 0.29) is 5.48 Å². The number of piperazine rings is 1. The highest BCUT2D eigenvalue weighted by Gasteiger charge is 1.91. The van der Waals surface area contributed by atoms with Gasteiger partial charge in [0, 0.05) is 26.2 Å². The summed E-state index contributed by atoms with van der Waals surface area (Å²) in [6.07, 6.45) is 0. The van der Waals surface area contributed by atoms with Crippen LogP contribution in [-0.2, 0) is 0 Å². The van der Waals surface area contributed by atoms with Crippen LogP contribution in [0.15, 0.2) is 0 Å². The summed E-state index contributed by atoms with van der Waals surface area (Å²) in [5.41, 5.74) is 0. The number of hydrogen-bond donors (Lipinski definition) is 2. The molecule has 3 heteroatoms. The first-order chi connectivity index (χ1) is 3.00. The summed E-state index contributed by atoms with van der Waals surface area (Å²) >= 11 is 0. The molecule has 1 saturated heterocycles. The Morgan fingerprint density at radius 3 is 1.14 bits per heavy atom. The summed E-state index contributed by atoms with van der Waals surface area (Å²) in [6, 6.07) is 0. The Bertz CT molecular complexity index is 25.2. The zero-order valence-corrected chi connectivity index (χ0v) is 4.33. The molecule has 3 nitrogen and oxygen atoms in total. The molecule has 0 saturated carbocycles. The van der Waals surface area contributed by atoms with Crippen LogP contribution in [0, 0.1) is 0 Å². The number of rotatable bonds is 0. The lowest BCUT2D eigenvalue weighted by atomic mass is 10.4. The van der Waals surface area contributed by atoms with Crippen molar-refractivity contribution in [3.8, 4) is 0 Å². The normalized spacial score (nSPS) is 20.6. The van der Waals surface area contributed by atoms with Crippen LogP contribution in [0.4, 0.5) is 0 Å².